The van der Waals surface area contributed by atoms with Crippen molar-refractivity contribution in [3.63, 3.8) is 0 Å². The number of aliphatic hydroxyl groups excluding tert-OH is 1. The Balaban J connectivity index is 1.79. The van der Waals surface area contributed by atoms with Crippen molar-refractivity contribution < 1.29 is 23.4 Å². The summed E-state index contributed by atoms with van der Waals surface area (Å²) in [4.78, 5) is 17.5. The van der Waals surface area contributed by atoms with E-state index in [-0.39, 0.29) is 24.0 Å². The van der Waals surface area contributed by atoms with Crippen LogP contribution in [0, 0.1) is 0 Å². The summed E-state index contributed by atoms with van der Waals surface area (Å²) in [6, 6.07) is 12.6. The van der Waals surface area contributed by atoms with Crippen LogP contribution in [-0.2, 0) is 18.7 Å². The maximum absolute atomic E-state index is 13.1. The third-order valence-corrected chi connectivity index (χ3v) is 5.79. The molecule has 0 fully saturated rings. The van der Waals surface area contributed by atoms with Gasteiger partial charge in [-0.2, -0.15) is 13.2 Å². The average molecular weight is 557 g/mol. The fraction of sp³-hybridized carbons (Fsp3) is 0.304. The molecule has 0 saturated carbocycles. The summed E-state index contributed by atoms with van der Waals surface area (Å²) in [5.74, 6) is 0.0903. The lowest BCUT2D eigenvalue weighted by Gasteiger charge is -2.17. The van der Waals surface area contributed by atoms with E-state index in [9.17, 15) is 28.2 Å². The quantitative estimate of drug-likeness (QED) is 0.358. The molecular formula is C23H21Cl2F3N6O3. The Kier molecular flexibility index (Phi) is 7.21. The highest BCUT2D eigenvalue weighted by atomic mass is 35.5. The Morgan fingerprint density at radius 1 is 1.03 bits per heavy atom. The molecule has 0 aliphatic heterocycles. The van der Waals surface area contributed by atoms with Gasteiger partial charge < -0.3 is 10.2 Å². The predicted molar refractivity (Wildman–Crippen MR) is 130 cm³/mol. The lowest BCUT2D eigenvalue weighted by atomic mass is 10.1. The van der Waals surface area contributed by atoms with Crippen LogP contribution in [0.5, 0.6) is 0 Å². The van der Waals surface area contributed by atoms with Crippen LogP contribution < -0.4 is 5.69 Å². The number of nitrogens with zero attached hydrogens (tertiary/aromatic N) is 6. The van der Waals surface area contributed by atoms with E-state index >= 15 is 0 Å². The normalized spacial score (nSPS) is 13.2. The van der Waals surface area contributed by atoms with Crippen LogP contribution in [-0.4, -0.2) is 51.6 Å². The molecule has 4 aromatic rings. The topological polar surface area (TPSA) is 111 Å². The van der Waals surface area contributed by atoms with Crippen LogP contribution in [0.3, 0.4) is 0 Å². The summed E-state index contributed by atoms with van der Waals surface area (Å²) < 4.78 is 42.2. The summed E-state index contributed by atoms with van der Waals surface area (Å²) in [5, 5.41) is 29.7. The molecule has 2 N–H and O–H groups in total. The van der Waals surface area contributed by atoms with Gasteiger partial charge in [-0.15, -0.1) is 10.2 Å². The number of halogens is 5. The second-order valence-corrected chi connectivity index (χ2v) is 9.61. The maximum Gasteiger partial charge on any atom is 0.416 e. The standard InChI is InChI=1S/C23H21Cl2F3N6O3/c1-22(2,37)20-29-18(30-34(20)16-5-3-4-15(25)10-16)12-33-21(36)32(11-17(35)23(26,27)28)19(31-33)13-6-8-14(24)9-7-13/h3-10,17,35,37H,11-12H2,1-2H3/t17-/m0/s1. The molecule has 37 heavy (non-hydrogen) atoms. The number of rotatable bonds is 7. The second kappa shape index (κ2) is 9.93. The van der Waals surface area contributed by atoms with Crippen LogP contribution in [0.2, 0.25) is 10.0 Å². The maximum atomic E-state index is 13.1. The predicted octanol–water partition coefficient (Wildman–Crippen LogP) is 3.80. The SMILES string of the molecule is CC(C)(O)c1nc(Cn2nc(-c3ccc(Cl)cc3)n(C[C@H](O)C(F)(F)F)c2=O)nn1-c1cccc(Cl)c1. The van der Waals surface area contributed by atoms with Gasteiger partial charge in [0.05, 0.1) is 12.2 Å². The Morgan fingerprint density at radius 3 is 2.30 bits per heavy atom. The number of hydrogen-bond acceptors (Lipinski definition) is 6. The van der Waals surface area contributed by atoms with Gasteiger partial charge in [-0.25, -0.2) is 19.1 Å². The minimum atomic E-state index is -4.95. The molecule has 9 nitrogen and oxygen atoms in total. The summed E-state index contributed by atoms with van der Waals surface area (Å²) in [6.45, 7) is 1.60. The fourth-order valence-corrected chi connectivity index (χ4v) is 3.85. The van der Waals surface area contributed by atoms with Crippen LogP contribution in [0.15, 0.2) is 53.3 Å². The third-order valence-electron chi connectivity index (χ3n) is 5.30. The zero-order valence-electron chi connectivity index (χ0n) is 19.5. The highest BCUT2D eigenvalue weighted by Crippen LogP contribution is 2.25. The molecule has 0 aliphatic carbocycles. The van der Waals surface area contributed by atoms with Crippen molar-refractivity contribution >= 4 is 23.2 Å². The number of benzene rings is 2. The second-order valence-electron chi connectivity index (χ2n) is 8.74. The first-order chi connectivity index (χ1) is 17.2. The number of aromatic nitrogens is 6. The zero-order chi connectivity index (χ0) is 27.1. The lowest BCUT2D eigenvalue weighted by molar-refractivity contribution is -0.207. The largest absolute Gasteiger partial charge is 0.416 e. The van der Waals surface area contributed by atoms with E-state index in [2.05, 4.69) is 15.2 Å². The van der Waals surface area contributed by atoms with Gasteiger partial charge in [-0.1, -0.05) is 29.3 Å². The fourth-order valence-electron chi connectivity index (χ4n) is 3.54. The molecule has 2 heterocycles. The van der Waals surface area contributed by atoms with Crippen molar-refractivity contribution in [2.45, 2.75) is 44.8 Å². The summed E-state index contributed by atoms with van der Waals surface area (Å²) in [5.41, 5.74) is -1.55. The van der Waals surface area contributed by atoms with E-state index < -0.39 is 30.1 Å². The highest BCUT2D eigenvalue weighted by molar-refractivity contribution is 6.31. The van der Waals surface area contributed by atoms with Crippen molar-refractivity contribution in [1.82, 2.24) is 29.1 Å². The lowest BCUT2D eigenvalue weighted by Crippen LogP contribution is -2.37. The van der Waals surface area contributed by atoms with Crippen LogP contribution >= 0.6 is 23.2 Å². The molecule has 0 aliphatic rings. The Bertz CT molecular complexity index is 1470. The molecule has 4 rings (SSSR count). The first-order valence-electron chi connectivity index (χ1n) is 10.9. The molecule has 0 spiro atoms. The minimum absolute atomic E-state index is 0.0582. The molecule has 14 heteroatoms. The van der Waals surface area contributed by atoms with Gasteiger partial charge in [0.25, 0.3) is 0 Å². The van der Waals surface area contributed by atoms with E-state index in [1.54, 1.807) is 24.3 Å². The molecular weight excluding hydrogens is 536 g/mol. The van der Waals surface area contributed by atoms with E-state index in [4.69, 9.17) is 23.2 Å². The molecule has 0 radical (unpaired) electrons. The van der Waals surface area contributed by atoms with Gasteiger partial charge in [-0.3, -0.25) is 4.57 Å². The van der Waals surface area contributed by atoms with Gasteiger partial charge in [0.2, 0.25) is 0 Å². The first kappa shape index (κ1) is 26.9. The highest BCUT2D eigenvalue weighted by Gasteiger charge is 2.39. The summed E-state index contributed by atoms with van der Waals surface area (Å²) in [6.07, 6.45) is -7.74. The monoisotopic (exact) mass is 556 g/mol. The zero-order valence-corrected chi connectivity index (χ0v) is 21.0. The summed E-state index contributed by atoms with van der Waals surface area (Å²) in [7, 11) is 0. The van der Waals surface area contributed by atoms with Crippen molar-refractivity contribution in [2.24, 2.45) is 0 Å². The minimum Gasteiger partial charge on any atom is -0.382 e. The summed E-state index contributed by atoms with van der Waals surface area (Å²) >= 11 is 12.0. The molecule has 1 atom stereocenters. The number of alkyl halides is 3. The first-order valence-corrected chi connectivity index (χ1v) is 11.6. The van der Waals surface area contributed by atoms with E-state index in [1.165, 1.54) is 42.8 Å². The molecule has 2 aromatic heterocycles. The van der Waals surface area contributed by atoms with E-state index in [0.717, 1.165) is 9.25 Å². The van der Waals surface area contributed by atoms with Crippen LogP contribution in [0.4, 0.5) is 13.2 Å². The van der Waals surface area contributed by atoms with Crippen molar-refractivity contribution in [3.8, 4) is 17.1 Å². The third kappa shape index (κ3) is 5.87. The molecule has 0 saturated heterocycles. The van der Waals surface area contributed by atoms with Gasteiger partial charge in [0, 0.05) is 15.6 Å². The Labute approximate surface area is 218 Å². The molecule has 0 unspecified atom stereocenters. The van der Waals surface area contributed by atoms with Gasteiger partial charge in [-0.05, 0) is 56.3 Å². The molecule has 0 amide bonds. The molecule has 2 aromatic carbocycles. The smallest absolute Gasteiger partial charge is 0.382 e. The van der Waals surface area contributed by atoms with Crippen LogP contribution in [0.1, 0.15) is 25.5 Å². The van der Waals surface area contributed by atoms with Gasteiger partial charge >= 0.3 is 11.9 Å². The number of aliphatic hydroxyl groups is 2. The van der Waals surface area contributed by atoms with Gasteiger partial charge in [0.15, 0.2) is 23.6 Å². The van der Waals surface area contributed by atoms with Crippen LogP contribution in [0.25, 0.3) is 17.1 Å². The van der Waals surface area contributed by atoms with Crippen molar-refractivity contribution in [2.75, 3.05) is 0 Å². The Morgan fingerprint density at radius 2 is 1.70 bits per heavy atom. The van der Waals surface area contributed by atoms with E-state index in [1.807, 2.05) is 0 Å². The molecule has 196 valence electrons. The number of hydrogen-bond donors (Lipinski definition) is 2. The Hall–Kier alpha value is -3.19. The van der Waals surface area contributed by atoms with Crippen molar-refractivity contribution in [1.29, 1.82) is 0 Å². The van der Waals surface area contributed by atoms with Crippen molar-refractivity contribution in [3.05, 3.63) is 80.7 Å². The average Bonchev–Trinajstić information content (AvgIpc) is 3.36. The molecule has 0 bridgehead atoms. The van der Waals surface area contributed by atoms with E-state index in [0.29, 0.717) is 21.3 Å². The van der Waals surface area contributed by atoms with Gasteiger partial charge in [0.1, 0.15) is 12.1 Å².